The minimum atomic E-state index is -0.774. The highest BCUT2D eigenvalue weighted by Gasteiger charge is 2.19. The Morgan fingerprint density at radius 3 is 0.792 bits per heavy atom. The van der Waals surface area contributed by atoms with Crippen LogP contribution < -0.4 is 0 Å². The Hall–Kier alpha value is -3.67. The molecule has 442 valence electrons. The van der Waals surface area contributed by atoms with Crippen LogP contribution in [0.25, 0.3) is 0 Å². The number of hydrogen-bond donors (Lipinski definition) is 0. The van der Waals surface area contributed by atoms with Crippen LogP contribution in [0, 0.1) is 0 Å². The van der Waals surface area contributed by atoms with E-state index in [1.165, 1.54) is 167 Å². The van der Waals surface area contributed by atoms with Gasteiger partial charge in [-0.1, -0.05) is 311 Å². The Labute approximate surface area is 477 Å². The maximum atomic E-state index is 12.8. The highest BCUT2D eigenvalue weighted by molar-refractivity contribution is 5.71. The first-order valence-electron chi connectivity index (χ1n) is 32.7. The van der Waals surface area contributed by atoms with Crippen molar-refractivity contribution in [2.75, 3.05) is 13.2 Å². The van der Waals surface area contributed by atoms with Gasteiger partial charge in [-0.25, -0.2) is 0 Å². The Kier molecular flexibility index (Phi) is 61.8. The van der Waals surface area contributed by atoms with Gasteiger partial charge in [0, 0.05) is 19.3 Å². The molecule has 0 aliphatic heterocycles. The molecule has 0 saturated heterocycles. The van der Waals surface area contributed by atoms with E-state index in [-0.39, 0.29) is 31.1 Å². The van der Waals surface area contributed by atoms with E-state index in [0.717, 1.165) is 109 Å². The molecule has 0 radical (unpaired) electrons. The van der Waals surface area contributed by atoms with Gasteiger partial charge in [-0.2, -0.15) is 0 Å². The molecular formula is C71H122O6. The molecule has 0 amide bonds. The molecular weight excluding hydrogens is 949 g/mol. The third-order valence-corrected chi connectivity index (χ3v) is 14.1. The number of hydrogen-bond acceptors (Lipinski definition) is 6. The summed E-state index contributed by atoms with van der Waals surface area (Å²) in [5.74, 6) is -0.866. The predicted molar refractivity (Wildman–Crippen MR) is 334 cm³/mol. The molecule has 1 atom stereocenters. The first-order chi connectivity index (χ1) is 38.0. The fourth-order valence-electron chi connectivity index (χ4n) is 9.23. The highest BCUT2D eigenvalue weighted by Crippen LogP contribution is 2.17. The number of rotatable bonds is 59. The second kappa shape index (κ2) is 64.9. The number of unbranched alkanes of at least 4 members (excludes halogenated alkanes) is 32. The molecule has 1 unspecified atom stereocenters. The molecule has 77 heavy (non-hydrogen) atoms. The molecule has 0 aromatic carbocycles. The van der Waals surface area contributed by atoms with Gasteiger partial charge in [0.1, 0.15) is 13.2 Å². The molecule has 0 bridgehead atoms. The monoisotopic (exact) mass is 1070 g/mol. The van der Waals surface area contributed by atoms with Crippen LogP contribution in [0.5, 0.6) is 0 Å². The van der Waals surface area contributed by atoms with E-state index >= 15 is 0 Å². The van der Waals surface area contributed by atoms with Crippen molar-refractivity contribution in [3.05, 3.63) is 97.2 Å². The van der Waals surface area contributed by atoms with E-state index in [4.69, 9.17) is 14.2 Å². The van der Waals surface area contributed by atoms with Crippen LogP contribution in [0.3, 0.4) is 0 Å². The van der Waals surface area contributed by atoms with Crippen molar-refractivity contribution in [2.45, 2.75) is 322 Å². The van der Waals surface area contributed by atoms with E-state index in [1.807, 2.05) is 0 Å². The van der Waals surface area contributed by atoms with Crippen molar-refractivity contribution >= 4 is 17.9 Å². The quantitative estimate of drug-likeness (QED) is 0.0261. The van der Waals surface area contributed by atoms with Crippen LogP contribution in [-0.4, -0.2) is 37.2 Å². The number of esters is 3. The number of ether oxygens (including phenoxy) is 3. The second-order valence-electron chi connectivity index (χ2n) is 21.7. The van der Waals surface area contributed by atoms with E-state index in [2.05, 4.69) is 118 Å². The topological polar surface area (TPSA) is 78.9 Å². The lowest BCUT2D eigenvalue weighted by atomic mass is 10.0. The van der Waals surface area contributed by atoms with Crippen molar-refractivity contribution < 1.29 is 28.6 Å². The Balaban J connectivity index is 4.14. The number of carbonyl (C=O) groups excluding carboxylic acids is 3. The minimum absolute atomic E-state index is 0.0728. The lowest BCUT2D eigenvalue weighted by Crippen LogP contribution is -2.30. The average molecular weight is 1070 g/mol. The van der Waals surface area contributed by atoms with Crippen molar-refractivity contribution in [1.29, 1.82) is 0 Å². The van der Waals surface area contributed by atoms with Gasteiger partial charge in [0.25, 0.3) is 0 Å². The van der Waals surface area contributed by atoms with Crippen LogP contribution in [0.15, 0.2) is 97.2 Å². The van der Waals surface area contributed by atoms with Gasteiger partial charge >= 0.3 is 17.9 Å². The molecule has 0 spiro atoms. The zero-order chi connectivity index (χ0) is 55.7. The van der Waals surface area contributed by atoms with E-state index in [1.54, 1.807) is 0 Å². The fraction of sp³-hybridized carbons (Fsp3) is 0.732. The smallest absolute Gasteiger partial charge is 0.306 e. The Bertz CT molecular complexity index is 1510. The summed E-state index contributed by atoms with van der Waals surface area (Å²) in [5.41, 5.74) is 0. The largest absolute Gasteiger partial charge is 0.462 e. The molecule has 6 nitrogen and oxygen atoms in total. The van der Waals surface area contributed by atoms with Gasteiger partial charge in [0.05, 0.1) is 0 Å². The fourth-order valence-corrected chi connectivity index (χ4v) is 9.23. The van der Waals surface area contributed by atoms with Crippen LogP contribution in [-0.2, 0) is 28.6 Å². The molecule has 0 heterocycles. The summed E-state index contributed by atoms with van der Waals surface area (Å²) in [6, 6.07) is 0. The molecule has 0 aliphatic carbocycles. The lowest BCUT2D eigenvalue weighted by Gasteiger charge is -2.18. The normalized spacial score (nSPS) is 12.7. The standard InChI is InChI=1S/C71H122O6/c1-4-7-10-13-16-19-22-24-25-26-27-28-29-30-31-32-33-34-35-36-37-38-39-40-41-42-43-44-45-47-49-52-55-58-61-64-70(73)76-67-68(66-75-69(72)63-60-57-54-51-48-21-18-15-12-9-6-3)77-71(74)65-62-59-56-53-50-46-23-20-17-14-11-8-5-2/h7,10,16,19,24-25,27-28,30-31,33-34,36-37,39-40,68H,4-6,8-9,11-15,17-18,20-23,26,29,32,35,38,41-67H2,1-3H3/b10-7-,19-16-,25-24-,28-27-,31-30-,34-33-,37-36-,40-39-. The average Bonchev–Trinajstić information content (AvgIpc) is 3.43. The molecule has 0 rings (SSSR count). The predicted octanol–water partition coefficient (Wildman–Crippen LogP) is 22.4. The van der Waals surface area contributed by atoms with Gasteiger partial charge in [0.15, 0.2) is 6.10 Å². The molecule has 0 fully saturated rings. The summed E-state index contributed by atoms with van der Waals surface area (Å²) in [6.07, 6.45) is 87.1. The molecule has 6 heteroatoms. The number of carbonyl (C=O) groups is 3. The molecule has 0 N–H and O–H groups in total. The van der Waals surface area contributed by atoms with Crippen molar-refractivity contribution in [1.82, 2.24) is 0 Å². The van der Waals surface area contributed by atoms with Crippen LogP contribution >= 0.6 is 0 Å². The molecule has 0 saturated carbocycles. The zero-order valence-electron chi connectivity index (χ0n) is 50.7. The van der Waals surface area contributed by atoms with Gasteiger partial charge in [0.2, 0.25) is 0 Å². The first kappa shape index (κ1) is 73.3. The van der Waals surface area contributed by atoms with E-state index in [9.17, 15) is 14.4 Å². The van der Waals surface area contributed by atoms with Crippen LogP contribution in [0.1, 0.15) is 316 Å². The minimum Gasteiger partial charge on any atom is -0.462 e. The zero-order valence-corrected chi connectivity index (χ0v) is 50.7. The lowest BCUT2D eigenvalue weighted by molar-refractivity contribution is -0.167. The SMILES string of the molecule is CC/C=C\C/C=C\C/C=C\C/C=C\C/C=C\C/C=C\C/C=C\C/C=C\CCCCCCCCCCCCC(=O)OCC(COC(=O)CCCCCCCCCCCCC)OC(=O)CCCCCCCCCCCCCCC. The van der Waals surface area contributed by atoms with Gasteiger partial charge in [-0.05, 0) is 83.5 Å². The summed E-state index contributed by atoms with van der Waals surface area (Å²) in [6.45, 7) is 6.54. The van der Waals surface area contributed by atoms with Crippen LogP contribution in [0.2, 0.25) is 0 Å². The number of allylic oxidation sites excluding steroid dienone is 16. The maximum absolute atomic E-state index is 12.8. The van der Waals surface area contributed by atoms with Gasteiger partial charge < -0.3 is 14.2 Å². The van der Waals surface area contributed by atoms with E-state index < -0.39 is 6.10 Å². The summed E-state index contributed by atoms with van der Waals surface area (Å²) in [4.78, 5) is 38.2. The summed E-state index contributed by atoms with van der Waals surface area (Å²) < 4.78 is 16.9. The molecule has 0 aromatic rings. The third-order valence-electron chi connectivity index (χ3n) is 14.1. The van der Waals surface area contributed by atoms with Crippen molar-refractivity contribution in [3.8, 4) is 0 Å². The first-order valence-corrected chi connectivity index (χ1v) is 32.7. The van der Waals surface area contributed by atoms with Gasteiger partial charge in [-0.15, -0.1) is 0 Å². The van der Waals surface area contributed by atoms with Gasteiger partial charge in [-0.3, -0.25) is 14.4 Å². The van der Waals surface area contributed by atoms with E-state index in [0.29, 0.717) is 19.3 Å². The molecule has 0 aromatic heterocycles. The second-order valence-corrected chi connectivity index (χ2v) is 21.7. The van der Waals surface area contributed by atoms with Crippen LogP contribution in [0.4, 0.5) is 0 Å². The Morgan fingerprint density at radius 1 is 0.273 bits per heavy atom. The maximum Gasteiger partial charge on any atom is 0.306 e. The summed E-state index contributed by atoms with van der Waals surface area (Å²) >= 11 is 0. The Morgan fingerprint density at radius 2 is 0.506 bits per heavy atom. The summed E-state index contributed by atoms with van der Waals surface area (Å²) in [7, 11) is 0. The summed E-state index contributed by atoms with van der Waals surface area (Å²) in [5, 5.41) is 0. The third kappa shape index (κ3) is 63.0. The van der Waals surface area contributed by atoms with Crippen molar-refractivity contribution in [2.24, 2.45) is 0 Å². The van der Waals surface area contributed by atoms with Crippen molar-refractivity contribution in [3.63, 3.8) is 0 Å². The highest BCUT2D eigenvalue weighted by atomic mass is 16.6. The molecule has 0 aliphatic rings.